The summed E-state index contributed by atoms with van der Waals surface area (Å²) >= 11 is 1.53. The molecule has 4 rings (SSSR count). The highest BCUT2D eigenvalue weighted by Gasteiger charge is 2.30. The summed E-state index contributed by atoms with van der Waals surface area (Å²) in [5, 5.41) is 7.26. The largest absolute Gasteiger partial charge is 0.462 e. The molecule has 1 aromatic carbocycles. The summed E-state index contributed by atoms with van der Waals surface area (Å²) in [6, 6.07) is 10.5. The number of amides is 1. The molecule has 1 amide bonds. The van der Waals surface area contributed by atoms with Crippen molar-refractivity contribution >= 4 is 28.2 Å². The summed E-state index contributed by atoms with van der Waals surface area (Å²) in [7, 11) is 0. The lowest BCUT2D eigenvalue weighted by molar-refractivity contribution is -0.118. The fraction of sp³-hybridized carbons (Fsp3) is 0.571. The molecule has 190 valence electrons. The van der Waals surface area contributed by atoms with Crippen molar-refractivity contribution in [3.8, 4) is 0 Å². The average molecular weight is 498 g/mol. The Balaban J connectivity index is 1.46. The molecule has 0 unspecified atom stereocenters. The van der Waals surface area contributed by atoms with Crippen molar-refractivity contribution in [1.82, 2.24) is 10.2 Å². The molecular weight excluding hydrogens is 458 g/mol. The quantitative estimate of drug-likeness (QED) is 0.471. The highest BCUT2D eigenvalue weighted by Crippen LogP contribution is 2.38. The maximum Gasteiger partial charge on any atom is 0.341 e. The molecule has 0 saturated heterocycles. The van der Waals surface area contributed by atoms with E-state index in [4.69, 9.17) is 4.74 Å². The molecule has 1 aliphatic heterocycles. The van der Waals surface area contributed by atoms with Crippen LogP contribution in [0.1, 0.15) is 85.2 Å². The second kappa shape index (κ2) is 12.7. The predicted octanol–water partition coefficient (Wildman–Crippen LogP) is 5.51. The van der Waals surface area contributed by atoms with Crippen LogP contribution >= 0.6 is 11.3 Å². The van der Waals surface area contributed by atoms with Crippen LogP contribution in [0.3, 0.4) is 0 Å². The number of ether oxygens (including phenoxy) is 1. The van der Waals surface area contributed by atoms with Gasteiger partial charge in [-0.05, 0) is 44.2 Å². The molecule has 6 nitrogen and oxygen atoms in total. The minimum Gasteiger partial charge on any atom is -0.462 e. The lowest BCUT2D eigenvalue weighted by Gasteiger charge is -2.27. The van der Waals surface area contributed by atoms with E-state index in [1.165, 1.54) is 49.0 Å². The van der Waals surface area contributed by atoms with Crippen LogP contribution in [-0.2, 0) is 29.0 Å². The molecule has 7 heteroatoms. The van der Waals surface area contributed by atoms with Gasteiger partial charge >= 0.3 is 5.97 Å². The molecular formula is C28H39N3O3S. The molecule has 2 heterocycles. The van der Waals surface area contributed by atoms with Gasteiger partial charge in [-0.3, -0.25) is 9.69 Å². The number of thiophene rings is 1. The van der Waals surface area contributed by atoms with Gasteiger partial charge in [0.15, 0.2) is 0 Å². The lowest BCUT2D eigenvalue weighted by atomic mass is 9.96. The zero-order chi connectivity index (χ0) is 24.6. The average Bonchev–Trinajstić information content (AvgIpc) is 3.18. The number of anilines is 1. The first-order valence-corrected chi connectivity index (χ1v) is 14.0. The van der Waals surface area contributed by atoms with E-state index in [0.717, 1.165) is 49.3 Å². The fourth-order valence-electron chi connectivity index (χ4n) is 5.21. The van der Waals surface area contributed by atoms with E-state index < -0.39 is 0 Å². The molecule has 0 spiro atoms. The third-order valence-corrected chi connectivity index (χ3v) is 8.22. The van der Waals surface area contributed by atoms with Gasteiger partial charge in [-0.15, -0.1) is 11.3 Å². The van der Waals surface area contributed by atoms with Crippen LogP contribution in [0.5, 0.6) is 0 Å². The Labute approximate surface area is 213 Å². The van der Waals surface area contributed by atoms with Gasteiger partial charge in [-0.2, -0.15) is 0 Å². The fourth-order valence-corrected chi connectivity index (χ4v) is 6.49. The van der Waals surface area contributed by atoms with E-state index in [2.05, 4.69) is 39.8 Å². The SMILES string of the molecule is CCOC(=O)c1c(NC(=O)[C@H](C)NC2CCCCCCC2)sc2c1CCN(Cc1ccccc1)C2. The van der Waals surface area contributed by atoms with Crippen LogP contribution in [0.4, 0.5) is 5.00 Å². The van der Waals surface area contributed by atoms with Crippen molar-refractivity contribution < 1.29 is 14.3 Å². The summed E-state index contributed by atoms with van der Waals surface area (Å²) in [5.74, 6) is -0.421. The summed E-state index contributed by atoms with van der Waals surface area (Å²) < 4.78 is 5.39. The van der Waals surface area contributed by atoms with Crippen LogP contribution in [0.25, 0.3) is 0 Å². The van der Waals surface area contributed by atoms with Crippen molar-refractivity contribution in [1.29, 1.82) is 0 Å². The predicted molar refractivity (Wildman–Crippen MR) is 142 cm³/mol. The molecule has 1 fully saturated rings. The standard InChI is InChI=1S/C28H39N3O3S/c1-3-34-28(33)25-23-16-17-31(18-21-12-8-7-9-13-21)19-24(23)35-27(25)30-26(32)20(2)29-22-14-10-5-4-6-11-15-22/h7-9,12-13,20,22,29H,3-6,10-11,14-19H2,1-2H3,(H,30,32)/t20-/m0/s1. The number of hydrogen-bond acceptors (Lipinski definition) is 6. The number of carbonyl (C=O) groups excluding carboxylic acids is 2. The first-order valence-electron chi connectivity index (χ1n) is 13.2. The number of hydrogen-bond donors (Lipinski definition) is 2. The molecule has 1 atom stereocenters. The van der Waals surface area contributed by atoms with Crippen molar-refractivity contribution in [3.63, 3.8) is 0 Å². The second-order valence-electron chi connectivity index (χ2n) is 9.79. The Kier molecular flexibility index (Phi) is 9.35. The number of rotatable bonds is 8. The molecule has 2 aromatic rings. The minimum absolute atomic E-state index is 0.0858. The van der Waals surface area contributed by atoms with Gasteiger partial charge in [0, 0.05) is 30.6 Å². The van der Waals surface area contributed by atoms with Gasteiger partial charge in [0.1, 0.15) is 5.00 Å². The van der Waals surface area contributed by atoms with Crippen LogP contribution < -0.4 is 10.6 Å². The molecule has 2 N–H and O–H groups in total. The molecule has 35 heavy (non-hydrogen) atoms. The smallest absolute Gasteiger partial charge is 0.341 e. The Morgan fingerprint density at radius 3 is 2.54 bits per heavy atom. The molecule has 2 aliphatic rings. The molecule has 0 bridgehead atoms. The van der Waals surface area contributed by atoms with Gasteiger partial charge < -0.3 is 15.4 Å². The zero-order valence-corrected chi connectivity index (χ0v) is 21.9. The van der Waals surface area contributed by atoms with Crippen LogP contribution in [0.2, 0.25) is 0 Å². The van der Waals surface area contributed by atoms with Gasteiger partial charge in [0.25, 0.3) is 0 Å². The highest BCUT2D eigenvalue weighted by atomic mass is 32.1. The van der Waals surface area contributed by atoms with Crippen molar-refractivity contribution in [2.24, 2.45) is 0 Å². The minimum atomic E-state index is -0.336. The molecule has 1 aliphatic carbocycles. The first kappa shape index (κ1) is 25.9. The lowest BCUT2D eigenvalue weighted by Crippen LogP contribution is -2.44. The summed E-state index contributed by atoms with van der Waals surface area (Å²) in [4.78, 5) is 29.6. The van der Waals surface area contributed by atoms with Crippen LogP contribution in [-0.4, -0.2) is 42.0 Å². The monoisotopic (exact) mass is 497 g/mol. The number of nitrogens with zero attached hydrogens (tertiary/aromatic N) is 1. The van der Waals surface area contributed by atoms with E-state index in [1.54, 1.807) is 0 Å². The summed E-state index contributed by atoms with van der Waals surface area (Å²) in [6.07, 6.45) is 9.34. The molecule has 1 saturated carbocycles. The van der Waals surface area contributed by atoms with Crippen LogP contribution in [0.15, 0.2) is 30.3 Å². The Bertz CT molecular complexity index is 983. The third kappa shape index (κ3) is 6.93. The Morgan fingerprint density at radius 1 is 1.11 bits per heavy atom. The maximum absolute atomic E-state index is 13.2. The maximum atomic E-state index is 13.2. The van der Waals surface area contributed by atoms with Crippen molar-refractivity contribution in [2.75, 3.05) is 18.5 Å². The Morgan fingerprint density at radius 2 is 1.83 bits per heavy atom. The van der Waals surface area contributed by atoms with Gasteiger partial charge in [0.2, 0.25) is 5.91 Å². The van der Waals surface area contributed by atoms with Crippen molar-refractivity contribution in [2.45, 2.75) is 90.4 Å². The van der Waals surface area contributed by atoms with E-state index in [0.29, 0.717) is 23.2 Å². The first-order chi connectivity index (χ1) is 17.0. The molecule has 1 aromatic heterocycles. The normalized spacial score (nSPS) is 18.2. The highest BCUT2D eigenvalue weighted by molar-refractivity contribution is 7.17. The summed E-state index contributed by atoms with van der Waals surface area (Å²) in [6.45, 7) is 6.57. The number of carbonyl (C=O) groups is 2. The number of benzene rings is 1. The van der Waals surface area contributed by atoms with E-state index in [1.807, 2.05) is 19.9 Å². The zero-order valence-electron chi connectivity index (χ0n) is 21.1. The van der Waals surface area contributed by atoms with Crippen LogP contribution in [0, 0.1) is 0 Å². The van der Waals surface area contributed by atoms with E-state index in [9.17, 15) is 9.59 Å². The number of nitrogens with one attached hydrogen (secondary N) is 2. The van der Waals surface area contributed by atoms with Gasteiger partial charge in [-0.1, -0.05) is 62.4 Å². The Hall–Kier alpha value is -2.22. The van der Waals surface area contributed by atoms with Gasteiger partial charge in [0.05, 0.1) is 18.2 Å². The second-order valence-corrected chi connectivity index (χ2v) is 10.9. The van der Waals surface area contributed by atoms with Gasteiger partial charge in [-0.25, -0.2) is 4.79 Å². The summed E-state index contributed by atoms with van der Waals surface area (Å²) in [5.41, 5.74) is 2.87. The topological polar surface area (TPSA) is 70.7 Å². The third-order valence-electron chi connectivity index (χ3n) is 7.09. The van der Waals surface area contributed by atoms with Crippen molar-refractivity contribution in [3.05, 3.63) is 51.9 Å². The number of esters is 1. The number of fused-ring (bicyclic) bond motifs is 1. The van der Waals surface area contributed by atoms with E-state index >= 15 is 0 Å². The molecule has 0 radical (unpaired) electrons. The van der Waals surface area contributed by atoms with E-state index in [-0.39, 0.29) is 17.9 Å².